The molecule has 0 saturated carbocycles. The van der Waals surface area contributed by atoms with Crippen LogP contribution in [-0.4, -0.2) is 257 Å². The summed E-state index contributed by atoms with van der Waals surface area (Å²) in [6.07, 6.45) is 1.68. The average molecular weight is 1540 g/mol. The number of likely N-dealkylation sites (N-methyl/N-ethyl adjacent to an activating group) is 3. The first-order valence-electron chi connectivity index (χ1n) is 36.3. The third-order valence-corrected chi connectivity index (χ3v) is 16.1. The highest BCUT2D eigenvalue weighted by Crippen LogP contribution is 2.43. The van der Waals surface area contributed by atoms with Gasteiger partial charge in [0.15, 0.2) is 11.9 Å². The zero-order valence-corrected chi connectivity index (χ0v) is 69.9. The van der Waals surface area contributed by atoms with Crippen LogP contribution in [0.25, 0.3) is 0 Å². The van der Waals surface area contributed by atoms with Crippen LogP contribution in [0.1, 0.15) is 193 Å². The van der Waals surface area contributed by atoms with Crippen LogP contribution in [0.3, 0.4) is 0 Å². The summed E-state index contributed by atoms with van der Waals surface area (Å²) in [4.78, 5) is 94.4. The van der Waals surface area contributed by atoms with Gasteiger partial charge in [-0.3, -0.25) is 29.2 Å². The molecule has 0 spiro atoms. The van der Waals surface area contributed by atoms with Gasteiger partial charge in [0.25, 0.3) is 17.7 Å². The Morgan fingerprint density at radius 2 is 1.08 bits per heavy atom. The lowest BCUT2D eigenvalue weighted by Crippen LogP contribution is -2.44. The predicted octanol–water partition coefficient (Wildman–Crippen LogP) is 11.3. The molecule has 7 rings (SSSR count). The van der Waals surface area contributed by atoms with Crippen LogP contribution in [0.5, 0.6) is 0 Å². The van der Waals surface area contributed by atoms with Gasteiger partial charge in [0, 0.05) is 69.8 Å². The van der Waals surface area contributed by atoms with Crippen LogP contribution in [-0.2, 0) is 48.0 Å². The number of aliphatic carboxylic acids is 1. The number of H-pyrrole nitrogens is 1. The number of hydrogen-bond donors (Lipinski definition) is 9. The van der Waals surface area contributed by atoms with Crippen LogP contribution >= 0.6 is 24.0 Å². The number of aromatic amines is 1. The average Bonchev–Trinajstić information content (AvgIpc) is 1.59. The number of carboxylic acid groups (broad SMARTS) is 1. The lowest BCUT2D eigenvalue weighted by Gasteiger charge is -2.33. The highest BCUT2D eigenvalue weighted by Gasteiger charge is 2.47. The summed E-state index contributed by atoms with van der Waals surface area (Å²) in [5, 5.41) is 61.8. The van der Waals surface area contributed by atoms with Crippen molar-refractivity contribution in [3.63, 3.8) is 0 Å². The minimum absolute atomic E-state index is 0. The zero-order chi connectivity index (χ0) is 81.1. The van der Waals surface area contributed by atoms with Crippen LogP contribution < -0.4 is 16.0 Å². The first kappa shape index (κ1) is 103. The number of aliphatic hydroxyl groups is 4. The molecule has 106 heavy (non-hydrogen) atoms. The molecule has 30 heteroatoms. The first-order valence-corrected chi connectivity index (χ1v) is 36.7. The number of carbonyl (C=O) groups is 7. The molecule has 5 amide bonds. The molecular weight excluding hydrogens is 1410 g/mol. The zero-order valence-electron chi connectivity index (χ0n) is 68.3. The van der Waals surface area contributed by atoms with Crippen LogP contribution in [0.15, 0.2) is 60.7 Å². The maximum absolute atomic E-state index is 13.1. The summed E-state index contributed by atoms with van der Waals surface area (Å²) < 4.78 is 16.9. The van der Waals surface area contributed by atoms with Crippen molar-refractivity contribution in [1.82, 2.24) is 54.7 Å². The number of hydrogen-bond acceptors (Lipinski definition) is 20. The van der Waals surface area contributed by atoms with Gasteiger partial charge in [-0.25, -0.2) is 14.4 Å². The fourth-order valence-electron chi connectivity index (χ4n) is 10.7. The molecule has 2 aromatic carbocycles. The molecule has 28 nitrogen and oxygen atoms in total. The van der Waals surface area contributed by atoms with Crippen molar-refractivity contribution in [3.8, 4) is 0 Å². The molecule has 3 aliphatic heterocycles. The smallest absolute Gasteiger partial charge is 0.436 e. The molecule has 0 bridgehead atoms. The van der Waals surface area contributed by atoms with Gasteiger partial charge in [0.2, 0.25) is 0 Å². The molecule has 0 radical (unpaired) electrons. The molecule has 3 aliphatic rings. The molecule has 4 atom stereocenters. The van der Waals surface area contributed by atoms with Gasteiger partial charge in [-0.05, 0) is 195 Å². The Bertz CT molecular complexity index is 3060. The molecule has 2 aromatic heterocycles. The normalized spacial score (nSPS) is 14.3. The van der Waals surface area contributed by atoms with Gasteiger partial charge in [-0.1, -0.05) is 113 Å². The molecule has 1 fully saturated rings. The number of halogens is 2. The van der Waals surface area contributed by atoms with Gasteiger partial charge in [-0.2, -0.15) is 10.2 Å². The van der Waals surface area contributed by atoms with Gasteiger partial charge >= 0.3 is 23.5 Å². The van der Waals surface area contributed by atoms with E-state index in [2.05, 4.69) is 84.6 Å². The Balaban J connectivity index is -0.00000126. The van der Waals surface area contributed by atoms with Crippen molar-refractivity contribution in [2.75, 3.05) is 127 Å². The van der Waals surface area contributed by atoms with Crippen molar-refractivity contribution in [2.24, 2.45) is 23.7 Å². The Morgan fingerprint density at radius 3 is 1.44 bits per heavy atom. The number of carboxylic acids is 1. The van der Waals surface area contributed by atoms with E-state index in [0.29, 0.717) is 71.9 Å². The number of benzene rings is 2. The van der Waals surface area contributed by atoms with E-state index in [0.717, 1.165) is 55.6 Å². The lowest BCUT2D eigenvalue weighted by molar-refractivity contribution is -0.147. The molecule has 5 heterocycles. The van der Waals surface area contributed by atoms with Crippen molar-refractivity contribution < 1.29 is 73.3 Å². The number of aromatic nitrogens is 4. The SMILES string of the molecule is C1CCOC1.CC(C)C[C@@H](CN(C)C)OC(=O)N1Cc2c(NC(=O)c3ccccc3)n[nH]c2C1(C)C.CC(C)C[C@H](O)C(=O)N(C)C.CC(C)C[C@H](O)C(=O)O.CC(C)C[C@H](O)CN(C)C.CCN(CC)CC.CCOC(=O)n1nc2c(c1NC(=O)c1ccccc1)CN(C(=O)Cl)C2(C)C.CNC.CO.Cl. The summed E-state index contributed by atoms with van der Waals surface area (Å²) in [6, 6.07) is 17.5. The molecule has 4 aromatic rings. The van der Waals surface area contributed by atoms with E-state index in [9.17, 15) is 43.8 Å². The van der Waals surface area contributed by atoms with Crippen molar-refractivity contribution >= 4 is 76.9 Å². The Hall–Kier alpha value is -6.83. The quantitative estimate of drug-likeness (QED) is 0.0246. The van der Waals surface area contributed by atoms with E-state index in [-0.39, 0.29) is 67.4 Å². The molecule has 0 unspecified atom stereocenters. The van der Waals surface area contributed by atoms with Gasteiger partial charge in [0.05, 0.1) is 48.3 Å². The summed E-state index contributed by atoms with van der Waals surface area (Å²) in [5.74, 6) is 0.225. The number of ether oxygens (including phenoxy) is 3. The predicted molar refractivity (Wildman–Crippen MR) is 424 cm³/mol. The Labute approximate surface area is 644 Å². The first-order chi connectivity index (χ1) is 49.1. The van der Waals surface area contributed by atoms with E-state index < -0.39 is 46.6 Å². The van der Waals surface area contributed by atoms with Gasteiger partial charge in [-0.15, -0.1) is 17.1 Å². The number of anilines is 2. The second kappa shape index (κ2) is 54.7. The van der Waals surface area contributed by atoms with E-state index in [4.69, 9.17) is 41.1 Å². The molecule has 608 valence electrons. The van der Waals surface area contributed by atoms with Crippen molar-refractivity contribution in [1.29, 1.82) is 0 Å². The van der Waals surface area contributed by atoms with Crippen LogP contribution in [0.4, 0.5) is 26.0 Å². The third kappa shape index (κ3) is 38.8. The maximum atomic E-state index is 13.1. The standard InChI is InChI=1S/C23H33N5O3.C18H19ClN4O4.C8H17NO2.C8H19NO.C6H15N.C6H12O3.C4H8O.C2H7N.CH4O.ClH/c1-15(2)12-17(13-27(5)6)31-22(30)28-14-18-19(23(28,3)4)25-26-20(18)24-21(29)16-10-8-7-9-11-16;1-4-27-17(26)23-14(20-15(24)11-8-6-5-7-9-11)12-10-22(16(19)25)18(2,3)13(12)21-23;1-6(2)5-7(10)8(11)9(3)4;1-7(2)5-8(10)6-9(3)4;1-4-7(5-2)6-3;1-4(2)3-5(7)6(8)9;1-2-4-5-3-1;1-3-2;1-2;/h7-11,15,17H,12-14H2,1-6H3,(H2,24,25,26,29);5-9H,4,10H2,1-3H3,(H,20,24);6-7,10H,5H2,1-4H3;7-8,10H,5-6H2,1-4H3;4-6H2,1-3H3;4-5,7H,3H2,1-2H3,(H,8,9);1-4H2;3H,1-2H3;2H,1H3;1H/t17-;;7-;8-;;5-;;;;/m0.00.0..../s1. The number of nitrogens with zero attached hydrogens (tertiary/aromatic N) is 9. The molecule has 0 aliphatic carbocycles. The summed E-state index contributed by atoms with van der Waals surface area (Å²) in [5.41, 5.74) is 2.14. The number of aliphatic hydroxyl groups excluding tert-OH is 4. The maximum Gasteiger partial charge on any atom is 0.436 e. The summed E-state index contributed by atoms with van der Waals surface area (Å²) >= 11 is 5.70. The second-order valence-electron chi connectivity index (χ2n) is 28.6. The minimum atomic E-state index is -1.19. The van der Waals surface area contributed by atoms with E-state index in [1.165, 1.54) is 42.3 Å². The van der Waals surface area contributed by atoms with Gasteiger partial charge < -0.3 is 80.2 Å². The van der Waals surface area contributed by atoms with Gasteiger partial charge in [0.1, 0.15) is 18.0 Å². The summed E-state index contributed by atoms with van der Waals surface area (Å²) in [7, 11) is 15.9. The Morgan fingerprint density at radius 1 is 0.632 bits per heavy atom. The van der Waals surface area contributed by atoms with E-state index in [1.807, 2.05) is 112 Å². The number of nitrogens with one attached hydrogen (secondary N) is 4. The van der Waals surface area contributed by atoms with E-state index in [1.54, 1.807) is 82.2 Å². The van der Waals surface area contributed by atoms with Crippen LogP contribution in [0.2, 0.25) is 0 Å². The Kier molecular flexibility index (Phi) is 53.3. The molecule has 9 N–H and O–H groups in total. The topological polar surface area (TPSA) is 350 Å². The van der Waals surface area contributed by atoms with Crippen molar-refractivity contribution in [3.05, 3.63) is 94.3 Å². The van der Waals surface area contributed by atoms with Crippen molar-refractivity contribution in [2.45, 2.75) is 198 Å². The highest BCUT2D eigenvalue weighted by atomic mass is 35.5. The monoisotopic (exact) mass is 1540 g/mol. The number of fused-ring (bicyclic) bond motifs is 2. The summed E-state index contributed by atoms with van der Waals surface area (Å²) in [6.45, 7) is 39.5. The molecule has 1 saturated heterocycles. The highest BCUT2D eigenvalue weighted by molar-refractivity contribution is 6.62. The van der Waals surface area contributed by atoms with E-state index >= 15 is 0 Å². The number of carbonyl (C=O) groups excluding carboxylic acids is 6. The fourth-order valence-corrected chi connectivity index (χ4v) is 10.9. The number of amides is 5. The second-order valence-corrected chi connectivity index (χ2v) is 29.0. The fraction of sp³-hybridized carbons (Fsp3) is 0.671. The largest absolute Gasteiger partial charge is 0.479 e. The minimum Gasteiger partial charge on any atom is -0.479 e. The van der Waals surface area contributed by atoms with Crippen LogP contribution in [0, 0.1) is 23.7 Å². The third-order valence-electron chi connectivity index (χ3n) is 15.9. The lowest BCUT2D eigenvalue weighted by atomic mass is 10.0. The molecular formula is C76H135Cl2N13O15. The number of rotatable bonds is 23.